The maximum atomic E-state index is 9.71. The van der Waals surface area contributed by atoms with Crippen molar-refractivity contribution < 1.29 is 9.84 Å². The van der Waals surface area contributed by atoms with Gasteiger partial charge < -0.3 is 25.4 Å². The Hall–Kier alpha value is -1.95. The Morgan fingerprint density at radius 1 is 1.30 bits per heavy atom. The Bertz CT molecular complexity index is 635. The third-order valence-electron chi connectivity index (χ3n) is 5.94. The van der Waals surface area contributed by atoms with Crippen LogP contribution in [0.4, 0.5) is 0 Å². The van der Waals surface area contributed by atoms with E-state index in [0.29, 0.717) is 30.4 Å². The molecule has 0 aromatic heterocycles. The maximum absolute atomic E-state index is 9.71. The summed E-state index contributed by atoms with van der Waals surface area (Å²) in [4.78, 5) is 7.36. The van der Waals surface area contributed by atoms with Crippen molar-refractivity contribution in [3.05, 3.63) is 23.8 Å². The zero-order valence-electron chi connectivity index (χ0n) is 16.9. The summed E-state index contributed by atoms with van der Waals surface area (Å²) in [6, 6.07) is 7.40. The van der Waals surface area contributed by atoms with Gasteiger partial charge in [-0.15, -0.1) is 0 Å². The molecule has 0 spiro atoms. The van der Waals surface area contributed by atoms with Crippen molar-refractivity contribution in [3.8, 4) is 11.5 Å². The number of hydrogen-bond donors (Lipinski definition) is 3. The minimum Gasteiger partial charge on any atom is -0.504 e. The van der Waals surface area contributed by atoms with Gasteiger partial charge in [-0.1, -0.05) is 12.5 Å². The number of hydrogen-bond acceptors (Lipinski definition) is 4. The van der Waals surface area contributed by atoms with Crippen molar-refractivity contribution in [1.82, 2.24) is 15.5 Å². The van der Waals surface area contributed by atoms with Crippen LogP contribution >= 0.6 is 0 Å². The van der Waals surface area contributed by atoms with Gasteiger partial charge in [0.1, 0.15) is 0 Å². The third-order valence-corrected chi connectivity index (χ3v) is 5.94. The molecule has 0 aliphatic carbocycles. The number of piperidine rings is 2. The van der Waals surface area contributed by atoms with E-state index in [2.05, 4.69) is 29.5 Å². The molecule has 150 valence electrons. The number of aliphatic imine (C=N–C) groups is 1. The molecule has 27 heavy (non-hydrogen) atoms. The molecule has 3 rings (SSSR count). The number of aromatic hydroxyl groups is 1. The summed E-state index contributed by atoms with van der Waals surface area (Å²) < 4.78 is 5.18. The van der Waals surface area contributed by atoms with Crippen molar-refractivity contribution in [2.75, 3.05) is 27.2 Å². The van der Waals surface area contributed by atoms with E-state index in [0.717, 1.165) is 24.5 Å². The Morgan fingerprint density at radius 2 is 2.04 bits per heavy atom. The third kappa shape index (κ3) is 5.06. The summed E-state index contributed by atoms with van der Waals surface area (Å²) >= 11 is 0. The Labute approximate surface area is 163 Å². The van der Waals surface area contributed by atoms with Crippen molar-refractivity contribution >= 4 is 5.96 Å². The number of fused-ring (bicyclic) bond motifs is 2. The standard InChI is InChI=1S/C21H34N4O2/c1-4-22-21(23-11-10-15-8-9-19(26)20(12-15)27-3)24-16-13-17-6-5-7-18(14-16)25(17)2/h8-9,12,16-18,26H,4-7,10-11,13-14H2,1-3H3,(H2,22,23,24). The topological polar surface area (TPSA) is 69.1 Å². The molecule has 2 saturated heterocycles. The molecule has 2 unspecified atom stereocenters. The van der Waals surface area contributed by atoms with Crippen LogP contribution in [0.25, 0.3) is 0 Å². The van der Waals surface area contributed by atoms with E-state index in [-0.39, 0.29) is 5.75 Å². The fourth-order valence-corrected chi connectivity index (χ4v) is 4.42. The van der Waals surface area contributed by atoms with Crippen LogP contribution in [-0.4, -0.2) is 61.3 Å². The number of ether oxygens (including phenoxy) is 1. The highest BCUT2D eigenvalue weighted by Gasteiger charge is 2.36. The fourth-order valence-electron chi connectivity index (χ4n) is 4.42. The summed E-state index contributed by atoms with van der Waals surface area (Å²) in [7, 11) is 3.86. The highest BCUT2D eigenvalue weighted by Crippen LogP contribution is 2.32. The molecule has 2 aliphatic rings. The summed E-state index contributed by atoms with van der Waals surface area (Å²) in [5, 5.41) is 16.8. The first-order chi connectivity index (χ1) is 13.1. The van der Waals surface area contributed by atoms with Crippen LogP contribution in [-0.2, 0) is 6.42 Å². The van der Waals surface area contributed by atoms with E-state index in [1.807, 2.05) is 12.1 Å². The molecule has 3 N–H and O–H groups in total. The van der Waals surface area contributed by atoms with Crippen LogP contribution in [0, 0.1) is 0 Å². The van der Waals surface area contributed by atoms with Crippen LogP contribution in [0.2, 0.25) is 0 Å². The molecule has 1 aromatic rings. The average Bonchev–Trinajstić information content (AvgIpc) is 2.64. The number of rotatable bonds is 6. The van der Waals surface area contributed by atoms with Crippen LogP contribution in [0.3, 0.4) is 0 Å². The Morgan fingerprint density at radius 3 is 2.70 bits per heavy atom. The monoisotopic (exact) mass is 374 g/mol. The second kappa shape index (κ2) is 9.31. The zero-order valence-corrected chi connectivity index (χ0v) is 16.9. The number of benzene rings is 1. The molecule has 2 bridgehead atoms. The minimum absolute atomic E-state index is 0.174. The molecule has 0 amide bonds. The van der Waals surface area contributed by atoms with Gasteiger partial charge in [0.25, 0.3) is 0 Å². The molecule has 0 radical (unpaired) electrons. The van der Waals surface area contributed by atoms with E-state index in [1.165, 1.54) is 32.1 Å². The van der Waals surface area contributed by atoms with Gasteiger partial charge in [0.15, 0.2) is 17.5 Å². The molecule has 2 fully saturated rings. The van der Waals surface area contributed by atoms with Crippen molar-refractivity contribution in [2.24, 2.45) is 4.99 Å². The highest BCUT2D eigenvalue weighted by atomic mass is 16.5. The average molecular weight is 375 g/mol. The van der Waals surface area contributed by atoms with Crippen LogP contribution in [0.1, 0.15) is 44.6 Å². The SMILES string of the molecule is CCNC(=NCCc1ccc(O)c(OC)c1)NC1CC2CCCC(C1)N2C. The number of phenols is 1. The molecular weight excluding hydrogens is 340 g/mol. The molecule has 2 atom stereocenters. The van der Waals surface area contributed by atoms with Gasteiger partial charge in [-0.05, 0) is 63.8 Å². The molecule has 6 heteroatoms. The van der Waals surface area contributed by atoms with Crippen LogP contribution < -0.4 is 15.4 Å². The lowest BCUT2D eigenvalue weighted by molar-refractivity contribution is 0.0526. The predicted octanol–water partition coefficient (Wildman–Crippen LogP) is 2.51. The van der Waals surface area contributed by atoms with Gasteiger partial charge in [-0.3, -0.25) is 4.99 Å². The van der Waals surface area contributed by atoms with Crippen LogP contribution in [0.15, 0.2) is 23.2 Å². The van der Waals surface area contributed by atoms with Crippen molar-refractivity contribution in [3.63, 3.8) is 0 Å². The van der Waals surface area contributed by atoms with Gasteiger partial charge in [-0.25, -0.2) is 0 Å². The first kappa shape index (κ1) is 19.8. The summed E-state index contributed by atoms with van der Waals surface area (Å²) in [6.07, 6.45) is 7.23. The molecule has 0 saturated carbocycles. The Kier molecular flexibility index (Phi) is 6.83. The first-order valence-corrected chi connectivity index (χ1v) is 10.2. The quantitative estimate of drug-likeness (QED) is 0.527. The van der Waals surface area contributed by atoms with Gasteiger partial charge in [0.05, 0.1) is 7.11 Å². The second-order valence-corrected chi connectivity index (χ2v) is 7.73. The normalized spacial score (nSPS) is 25.9. The molecule has 2 aliphatic heterocycles. The van der Waals surface area contributed by atoms with E-state index >= 15 is 0 Å². The lowest BCUT2D eigenvalue weighted by Gasteiger charge is -2.47. The van der Waals surface area contributed by atoms with Gasteiger partial charge in [0.2, 0.25) is 0 Å². The molecule has 2 heterocycles. The van der Waals surface area contributed by atoms with E-state index in [1.54, 1.807) is 13.2 Å². The molecule has 1 aromatic carbocycles. The number of phenolic OH excluding ortho intramolecular Hbond substituents is 1. The number of nitrogens with zero attached hydrogens (tertiary/aromatic N) is 2. The first-order valence-electron chi connectivity index (χ1n) is 10.2. The minimum atomic E-state index is 0.174. The van der Waals surface area contributed by atoms with Crippen LogP contribution in [0.5, 0.6) is 11.5 Å². The van der Waals surface area contributed by atoms with E-state index < -0.39 is 0 Å². The largest absolute Gasteiger partial charge is 0.504 e. The smallest absolute Gasteiger partial charge is 0.191 e. The van der Waals surface area contributed by atoms with Gasteiger partial charge in [0, 0.05) is 31.2 Å². The maximum Gasteiger partial charge on any atom is 0.191 e. The predicted molar refractivity (Wildman–Crippen MR) is 110 cm³/mol. The summed E-state index contributed by atoms with van der Waals surface area (Å²) in [5.74, 6) is 1.60. The van der Waals surface area contributed by atoms with E-state index in [9.17, 15) is 5.11 Å². The number of guanidine groups is 1. The molecule has 6 nitrogen and oxygen atoms in total. The lowest BCUT2D eigenvalue weighted by Crippen LogP contribution is -2.56. The fraction of sp³-hybridized carbons (Fsp3) is 0.667. The second-order valence-electron chi connectivity index (χ2n) is 7.73. The Balaban J connectivity index is 1.57. The zero-order chi connectivity index (χ0) is 19.2. The van der Waals surface area contributed by atoms with Gasteiger partial charge in [-0.2, -0.15) is 0 Å². The number of nitrogens with one attached hydrogen (secondary N) is 2. The van der Waals surface area contributed by atoms with Crippen molar-refractivity contribution in [1.29, 1.82) is 0 Å². The lowest BCUT2D eigenvalue weighted by atomic mass is 9.82. The van der Waals surface area contributed by atoms with E-state index in [4.69, 9.17) is 9.73 Å². The highest BCUT2D eigenvalue weighted by molar-refractivity contribution is 5.80. The van der Waals surface area contributed by atoms with Gasteiger partial charge >= 0.3 is 0 Å². The molecular formula is C21H34N4O2. The number of methoxy groups -OCH3 is 1. The summed E-state index contributed by atoms with van der Waals surface area (Å²) in [5.41, 5.74) is 1.11. The van der Waals surface area contributed by atoms with Crippen molar-refractivity contribution in [2.45, 2.75) is 63.6 Å². The summed E-state index contributed by atoms with van der Waals surface area (Å²) in [6.45, 7) is 3.66.